The SMILES string of the molecule is C=CCN(C(=O)C1N([C@@H](CC)CO)C(=O)[C@@H]2[C@@H](C(=O)OCC)[C@@]3(CC)CCC12O3)c1ccc(OC)cc1. The van der Waals surface area contributed by atoms with Gasteiger partial charge in [-0.3, -0.25) is 14.4 Å². The van der Waals surface area contributed by atoms with Gasteiger partial charge in [-0.25, -0.2) is 0 Å². The van der Waals surface area contributed by atoms with Gasteiger partial charge >= 0.3 is 5.97 Å². The van der Waals surface area contributed by atoms with Crippen molar-refractivity contribution >= 4 is 23.5 Å². The third-order valence-electron chi connectivity index (χ3n) is 8.43. The lowest BCUT2D eigenvalue weighted by molar-refractivity contribution is -0.161. The molecule has 2 bridgehead atoms. The van der Waals surface area contributed by atoms with E-state index in [1.54, 1.807) is 49.3 Å². The van der Waals surface area contributed by atoms with Crippen LogP contribution in [-0.4, -0.2) is 77.9 Å². The molecule has 1 N–H and O–H groups in total. The topological polar surface area (TPSA) is 106 Å². The fourth-order valence-electron chi connectivity index (χ4n) is 6.69. The zero-order valence-corrected chi connectivity index (χ0v) is 22.1. The van der Waals surface area contributed by atoms with Crippen LogP contribution in [0.5, 0.6) is 5.75 Å². The number of amides is 2. The van der Waals surface area contributed by atoms with E-state index in [0.29, 0.717) is 37.1 Å². The maximum Gasteiger partial charge on any atom is 0.312 e. The summed E-state index contributed by atoms with van der Waals surface area (Å²) in [6, 6.07) is 5.49. The van der Waals surface area contributed by atoms with Crippen molar-refractivity contribution < 1.29 is 33.7 Å². The number of aliphatic hydroxyl groups excluding tert-OH is 1. The molecular weight excluding hydrogens is 476 g/mol. The van der Waals surface area contributed by atoms with Crippen molar-refractivity contribution in [2.24, 2.45) is 11.8 Å². The van der Waals surface area contributed by atoms with Gasteiger partial charge in [-0.05, 0) is 56.9 Å². The number of hydrogen-bond acceptors (Lipinski definition) is 7. The molecule has 6 atom stereocenters. The quantitative estimate of drug-likeness (QED) is 0.358. The Morgan fingerprint density at radius 2 is 1.97 bits per heavy atom. The standard InChI is InChI=1S/C28H38N2O7/c1-6-16-29(19-10-12-20(35-5)13-11-19)25(33)23-28-15-14-27(8-3,37-28)22(26(34)36-9-4)21(28)24(32)30(23)18(7-2)17-31/h6,10-13,18,21-23,31H,1,7-9,14-17H2,2-5H3/t18-,21-,22-,23?,27+,28?/m0/s1. The van der Waals surface area contributed by atoms with E-state index in [2.05, 4.69) is 6.58 Å². The van der Waals surface area contributed by atoms with Crippen LogP contribution in [0.4, 0.5) is 5.69 Å². The summed E-state index contributed by atoms with van der Waals surface area (Å²) < 4.78 is 17.4. The van der Waals surface area contributed by atoms with Crippen LogP contribution in [0.2, 0.25) is 0 Å². The number of rotatable bonds is 11. The lowest BCUT2D eigenvalue weighted by Crippen LogP contribution is -2.59. The second kappa shape index (κ2) is 10.5. The van der Waals surface area contributed by atoms with E-state index < -0.39 is 41.1 Å². The number of hydrogen-bond donors (Lipinski definition) is 1. The number of carbonyl (C=O) groups excluding carboxylic acids is 3. The number of nitrogens with zero attached hydrogens (tertiary/aromatic N) is 2. The van der Waals surface area contributed by atoms with Gasteiger partial charge in [0.05, 0.1) is 37.9 Å². The maximum atomic E-state index is 14.5. The molecule has 0 saturated carbocycles. The van der Waals surface area contributed by atoms with Crippen LogP contribution in [0.15, 0.2) is 36.9 Å². The van der Waals surface area contributed by atoms with Gasteiger partial charge in [0.15, 0.2) is 0 Å². The highest BCUT2D eigenvalue weighted by Crippen LogP contribution is 2.65. The summed E-state index contributed by atoms with van der Waals surface area (Å²) in [5, 5.41) is 10.2. The molecule has 3 fully saturated rings. The number of esters is 1. The largest absolute Gasteiger partial charge is 0.497 e. The summed E-state index contributed by atoms with van der Waals surface area (Å²) in [6.45, 7) is 9.46. The molecule has 202 valence electrons. The van der Waals surface area contributed by atoms with Crippen LogP contribution < -0.4 is 9.64 Å². The predicted octanol–water partition coefficient (Wildman–Crippen LogP) is 2.70. The van der Waals surface area contributed by atoms with Crippen LogP contribution in [-0.2, 0) is 23.9 Å². The maximum absolute atomic E-state index is 14.5. The van der Waals surface area contributed by atoms with Gasteiger partial charge in [-0.15, -0.1) is 6.58 Å². The first-order valence-corrected chi connectivity index (χ1v) is 13.1. The number of methoxy groups -OCH3 is 1. The minimum Gasteiger partial charge on any atom is -0.497 e. The molecule has 2 unspecified atom stereocenters. The molecule has 3 heterocycles. The Morgan fingerprint density at radius 3 is 2.51 bits per heavy atom. The molecule has 0 radical (unpaired) electrons. The average Bonchev–Trinajstić information content (AvgIpc) is 3.52. The van der Waals surface area contributed by atoms with Crippen molar-refractivity contribution in [3.8, 4) is 5.75 Å². The lowest BCUT2D eigenvalue weighted by Gasteiger charge is -2.39. The highest BCUT2D eigenvalue weighted by molar-refractivity contribution is 6.05. The highest BCUT2D eigenvalue weighted by Gasteiger charge is 2.79. The second-order valence-electron chi connectivity index (χ2n) is 10.0. The zero-order valence-electron chi connectivity index (χ0n) is 22.1. The van der Waals surface area contributed by atoms with Crippen molar-refractivity contribution in [2.75, 3.05) is 31.8 Å². The molecular formula is C28H38N2O7. The molecule has 3 aliphatic rings. The van der Waals surface area contributed by atoms with Crippen molar-refractivity contribution in [1.29, 1.82) is 0 Å². The highest BCUT2D eigenvalue weighted by atomic mass is 16.6. The van der Waals surface area contributed by atoms with Crippen LogP contribution in [0.1, 0.15) is 46.5 Å². The zero-order chi connectivity index (χ0) is 27.0. The minimum atomic E-state index is -1.18. The smallest absolute Gasteiger partial charge is 0.312 e. The van der Waals surface area contributed by atoms with Gasteiger partial charge in [-0.1, -0.05) is 19.9 Å². The first-order valence-electron chi connectivity index (χ1n) is 13.1. The van der Waals surface area contributed by atoms with Crippen molar-refractivity contribution in [3.05, 3.63) is 36.9 Å². The van der Waals surface area contributed by atoms with Gasteiger partial charge in [0, 0.05) is 12.2 Å². The number of aliphatic hydroxyl groups is 1. The van der Waals surface area contributed by atoms with Gasteiger partial charge in [0.1, 0.15) is 23.3 Å². The molecule has 3 saturated heterocycles. The summed E-state index contributed by atoms with van der Waals surface area (Å²) >= 11 is 0. The molecule has 0 aromatic heterocycles. The Labute approximate surface area is 218 Å². The first-order chi connectivity index (χ1) is 17.8. The minimum absolute atomic E-state index is 0.188. The molecule has 1 spiro atoms. The Morgan fingerprint density at radius 1 is 1.27 bits per heavy atom. The van der Waals surface area contributed by atoms with E-state index in [9.17, 15) is 19.5 Å². The molecule has 37 heavy (non-hydrogen) atoms. The molecule has 1 aromatic rings. The van der Waals surface area contributed by atoms with E-state index in [-0.39, 0.29) is 31.6 Å². The number of fused-ring (bicyclic) bond motifs is 1. The summed E-state index contributed by atoms with van der Waals surface area (Å²) in [5.74, 6) is -2.13. The van der Waals surface area contributed by atoms with Crippen LogP contribution in [0.3, 0.4) is 0 Å². The van der Waals surface area contributed by atoms with Gasteiger partial charge in [0.25, 0.3) is 5.91 Å². The van der Waals surface area contributed by atoms with E-state index in [0.717, 1.165) is 0 Å². The molecule has 2 amide bonds. The van der Waals surface area contributed by atoms with E-state index in [1.165, 1.54) is 4.90 Å². The summed E-state index contributed by atoms with van der Waals surface area (Å²) in [6.07, 6.45) is 3.61. The number of ether oxygens (including phenoxy) is 3. The van der Waals surface area contributed by atoms with Crippen molar-refractivity contribution in [3.63, 3.8) is 0 Å². The van der Waals surface area contributed by atoms with Gasteiger partial charge in [0.2, 0.25) is 5.91 Å². The Kier molecular flexibility index (Phi) is 7.67. The third-order valence-corrected chi connectivity index (χ3v) is 8.43. The number of likely N-dealkylation sites (tertiary alicyclic amines) is 1. The normalized spacial score (nSPS) is 30.7. The Balaban J connectivity index is 1.84. The summed E-state index contributed by atoms with van der Waals surface area (Å²) in [4.78, 5) is 44.9. The molecule has 3 aliphatic heterocycles. The first kappa shape index (κ1) is 27.1. The van der Waals surface area contributed by atoms with Crippen LogP contribution in [0, 0.1) is 11.8 Å². The fourth-order valence-corrected chi connectivity index (χ4v) is 6.69. The predicted molar refractivity (Wildman–Crippen MR) is 137 cm³/mol. The summed E-state index contributed by atoms with van der Waals surface area (Å²) in [7, 11) is 1.57. The molecule has 9 nitrogen and oxygen atoms in total. The van der Waals surface area contributed by atoms with Crippen molar-refractivity contribution in [2.45, 2.75) is 69.7 Å². The van der Waals surface area contributed by atoms with E-state index in [1.807, 2.05) is 13.8 Å². The number of carbonyl (C=O) groups is 3. The molecule has 1 aromatic carbocycles. The fraction of sp³-hybridized carbons (Fsp3) is 0.607. The lowest BCUT2D eigenvalue weighted by atomic mass is 9.65. The third kappa shape index (κ3) is 4.03. The second-order valence-corrected chi connectivity index (χ2v) is 10.0. The monoisotopic (exact) mass is 514 g/mol. The number of benzene rings is 1. The van der Waals surface area contributed by atoms with Crippen molar-refractivity contribution in [1.82, 2.24) is 4.90 Å². The van der Waals surface area contributed by atoms with E-state index in [4.69, 9.17) is 14.2 Å². The van der Waals surface area contributed by atoms with E-state index >= 15 is 0 Å². The van der Waals surface area contributed by atoms with Gasteiger partial charge in [-0.2, -0.15) is 0 Å². The average molecular weight is 515 g/mol. The number of anilines is 1. The molecule has 0 aliphatic carbocycles. The van der Waals surface area contributed by atoms with Crippen LogP contribution in [0.25, 0.3) is 0 Å². The Bertz CT molecular complexity index is 1040. The molecule has 9 heteroatoms. The molecule has 4 rings (SSSR count). The summed E-state index contributed by atoms with van der Waals surface area (Å²) in [5.41, 5.74) is -1.42. The Hall–Kier alpha value is -2.91. The van der Waals surface area contributed by atoms with Gasteiger partial charge < -0.3 is 29.1 Å². The van der Waals surface area contributed by atoms with Crippen LogP contribution >= 0.6 is 0 Å².